The van der Waals surface area contributed by atoms with Gasteiger partial charge in [0.05, 0.1) is 0 Å². The third-order valence-corrected chi connectivity index (χ3v) is 6.68. The van der Waals surface area contributed by atoms with E-state index in [4.69, 9.17) is 0 Å². The molecule has 4 heteroatoms. The van der Waals surface area contributed by atoms with Gasteiger partial charge in [0.25, 0.3) is 0 Å². The Bertz CT molecular complexity index is 599. The smallest absolute Gasteiger partial charge is 0.317 e. The van der Waals surface area contributed by atoms with E-state index in [2.05, 4.69) is 39.4 Å². The molecular weight excluding hydrogens is 334 g/mol. The summed E-state index contributed by atoms with van der Waals surface area (Å²) < 4.78 is 0. The Kier molecular flexibility index (Phi) is 6.33. The molecule has 27 heavy (non-hydrogen) atoms. The van der Waals surface area contributed by atoms with E-state index in [1.165, 1.54) is 63.6 Å². The van der Waals surface area contributed by atoms with Crippen molar-refractivity contribution >= 4 is 6.03 Å². The lowest BCUT2D eigenvalue weighted by molar-refractivity contribution is 0.0452. The molecule has 4 nitrogen and oxygen atoms in total. The molecule has 2 aliphatic heterocycles. The fourth-order valence-electron chi connectivity index (χ4n) is 5.00. The van der Waals surface area contributed by atoms with Crippen molar-refractivity contribution in [3.8, 4) is 0 Å². The van der Waals surface area contributed by atoms with Gasteiger partial charge in [0.1, 0.15) is 0 Å². The molecule has 1 saturated carbocycles. The van der Waals surface area contributed by atoms with Crippen LogP contribution in [0, 0.1) is 11.8 Å². The van der Waals surface area contributed by atoms with Gasteiger partial charge in [-0.05, 0) is 75.4 Å². The van der Waals surface area contributed by atoms with Crippen LogP contribution in [0.1, 0.15) is 50.5 Å². The Morgan fingerprint density at radius 1 is 1.00 bits per heavy atom. The maximum atomic E-state index is 12.9. The molecule has 1 aliphatic carbocycles. The van der Waals surface area contributed by atoms with E-state index in [9.17, 15) is 4.79 Å². The average molecular weight is 370 g/mol. The van der Waals surface area contributed by atoms with Crippen molar-refractivity contribution < 1.29 is 4.79 Å². The number of amides is 2. The SMILES string of the molecule is O=C(NCCc1ccccc1)N(CC1CC1)CC1CCCN2CCCCC12. The van der Waals surface area contributed by atoms with E-state index in [1.54, 1.807) is 0 Å². The van der Waals surface area contributed by atoms with E-state index in [0.717, 1.165) is 32.0 Å². The molecule has 1 aromatic rings. The molecule has 1 N–H and O–H groups in total. The molecule has 2 saturated heterocycles. The largest absolute Gasteiger partial charge is 0.338 e. The summed E-state index contributed by atoms with van der Waals surface area (Å²) in [6, 6.07) is 11.3. The maximum Gasteiger partial charge on any atom is 0.317 e. The standard InChI is InChI=1S/C23H35N3O/c27-23(24-14-13-19-7-2-1-3-8-19)26(17-20-11-12-20)18-21-9-6-16-25-15-5-4-10-22(21)25/h1-3,7-8,20-22H,4-6,9-18H2,(H,24,27). The summed E-state index contributed by atoms with van der Waals surface area (Å²) in [5.74, 6) is 1.41. The molecule has 3 aliphatic rings. The van der Waals surface area contributed by atoms with Crippen LogP contribution in [0.5, 0.6) is 0 Å². The summed E-state index contributed by atoms with van der Waals surface area (Å²) in [6.45, 7) is 5.18. The van der Waals surface area contributed by atoms with Crippen LogP contribution >= 0.6 is 0 Å². The Morgan fingerprint density at radius 3 is 2.63 bits per heavy atom. The Balaban J connectivity index is 1.31. The van der Waals surface area contributed by atoms with Crippen LogP contribution in [0.2, 0.25) is 0 Å². The summed E-state index contributed by atoms with van der Waals surface area (Å²) in [4.78, 5) is 17.8. The molecular formula is C23H35N3O. The van der Waals surface area contributed by atoms with Gasteiger partial charge in [-0.25, -0.2) is 4.79 Å². The molecule has 0 radical (unpaired) electrons. The van der Waals surface area contributed by atoms with Gasteiger partial charge in [-0.2, -0.15) is 0 Å². The lowest BCUT2D eigenvalue weighted by Gasteiger charge is -2.45. The number of piperidine rings is 2. The number of urea groups is 1. The van der Waals surface area contributed by atoms with Gasteiger partial charge in [0.2, 0.25) is 0 Å². The Morgan fingerprint density at radius 2 is 1.81 bits per heavy atom. The number of carbonyl (C=O) groups is 1. The minimum absolute atomic E-state index is 0.158. The van der Waals surface area contributed by atoms with Gasteiger partial charge in [-0.15, -0.1) is 0 Å². The molecule has 4 rings (SSSR count). The van der Waals surface area contributed by atoms with Crippen LogP contribution in [0.3, 0.4) is 0 Å². The van der Waals surface area contributed by atoms with Gasteiger partial charge in [-0.1, -0.05) is 36.8 Å². The summed E-state index contributed by atoms with van der Waals surface area (Å²) in [5, 5.41) is 3.20. The molecule has 2 amide bonds. The molecule has 1 aromatic carbocycles. The van der Waals surface area contributed by atoms with Crippen LogP contribution in [0.4, 0.5) is 4.79 Å². The van der Waals surface area contributed by atoms with Gasteiger partial charge in [-0.3, -0.25) is 0 Å². The highest BCUT2D eigenvalue weighted by Gasteiger charge is 2.36. The average Bonchev–Trinajstić information content (AvgIpc) is 3.52. The van der Waals surface area contributed by atoms with Crippen molar-refractivity contribution in [2.45, 2.75) is 57.4 Å². The second-order valence-corrected chi connectivity index (χ2v) is 8.82. The highest BCUT2D eigenvalue weighted by Crippen LogP contribution is 2.33. The predicted molar refractivity (Wildman–Crippen MR) is 110 cm³/mol. The third-order valence-electron chi connectivity index (χ3n) is 6.68. The Hall–Kier alpha value is -1.55. The quantitative estimate of drug-likeness (QED) is 0.791. The molecule has 0 bridgehead atoms. The number of rotatable bonds is 7. The summed E-state index contributed by atoms with van der Waals surface area (Å²) in [6.07, 6.45) is 10.1. The van der Waals surface area contributed by atoms with E-state index < -0.39 is 0 Å². The number of fused-ring (bicyclic) bond motifs is 1. The monoisotopic (exact) mass is 369 g/mol. The third kappa shape index (κ3) is 5.25. The molecule has 2 unspecified atom stereocenters. The zero-order valence-electron chi connectivity index (χ0n) is 16.6. The second-order valence-electron chi connectivity index (χ2n) is 8.82. The van der Waals surface area contributed by atoms with Crippen molar-refractivity contribution in [2.75, 3.05) is 32.7 Å². The first-order valence-corrected chi connectivity index (χ1v) is 11.1. The van der Waals surface area contributed by atoms with E-state index >= 15 is 0 Å². The topological polar surface area (TPSA) is 35.6 Å². The zero-order chi connectivity index (χ0) is 18.5. The van der Waals surface area contributed by atoms with Crippen LogP contribution < -0.4 is 5.32 Å². The van der Waals surface area contributed by atoms with E-state index in [1.807, 2.05) is 6.07 Å². The first kappa shape index (κ1) is 18.8. The minimum Gasteiger partial charge on any atom is -0.338 e. The van der Waals surface area contributed by atoms with E-state index in [0.29, 0.717) is 12.0 Å². The predicted octanol–water partition coefficient (Wildman–Crippen LogP) is 3.92. The lowest BCUT2D eigenvalue weighted by atomic mass is 9.83. The Labute approximate surface area is 164 Å². The van der Waals surface area contributed by atoms with Crippen LogP contribution in [-0.4, -0.2) is 54.6 Å². The number of carbonyl (C=O) groups excluding carboxylic acids is 1. The van der Waals surface area contributed by atoms with Crippen molar-refractivity contribution in [3.63, 3.8) is 0 Å². The molecule has 2 atom stereocenters. The van der Waals surface area contributed by atoms with Crippen molar-refractivity contribution in [1.29, 1.82) is 0 Å². The van der Waals surface area contributed by atoms with Crippen molar-refractivity contribution in [1.82, 2.24) is 15.1 Å². The highest BCUT2D eigenvalue weighted by molar-refractivity contribution is 5.74. The van der Waals surface area contributed by atoms with Crippen molar-refractivity contribution in [3.05, 3.63) is 35.9 Å². The number of benzene rings is 1. The molecule has 3 fully saturated rings. The molecule has 2 heterocycles. The van der Waals surface area contributed by atoms with Gasteiger partial charge >= 0.3 is 6.03 Å². The van der Waals surface area contributed by atoms with Crippen LogP contribution in [-0.2, 0) is 6.42 Å². The summed E-state index contributed by atoms with van der Waals surface area (Å²) in [5.41, 5.74) is 1.29. The second kappa shape index (κ2) is 9.09. The van der Waals surface area contributed by atoms with Crippen molar-refractivity contribution in [2.24, 2.45) is 11.8 Å². The summed E-state index contributed by atoms with van der Waals surface area (Å²) in [7, 11) is 0. The minimum atomic E-state index is 0.158. The van der Waals surface area contributed by atoms with Gasteiger partial charge in [0.15, 0.2) is 0 Å². The lowest BCUT2D eigenvalue weighted by Crippen LogP contribution is -2.53. The summed E-state index contributed by atoms with van der Waals surface area (Å²) >= 11 is 0. The molecule has 0 aromatic heterocycles. The van der Waals surface area contributed by atoms with Gasteiger partial charge in [0, 0.05) is 25.7 Å². The molecule has 0 spiro atoms. The van der Waals surface area contributed by atoms with Crippen LogP contribution in [0.25, 0.3) is 0 Å². The van der Waals surface area contributed by atoms with Crippen LogP contribution in [0.15, 0.2) is 30.3 Å². The number of nitrogens with one attached hydrogen (secondary N) is 1. The fourth-order valence-corrected chi connectivity index (χ4v) is 5.00. The first-order chi connectivity index (χ1) is 13.3. The number of nitrogens with zero attached hydrogens (tertiary/aromatic N) is 2. The number of hydrogen-bond donors (Lipinski definition) is 1. The first-order valence-electron chi connectivity index (χ1n) is 11.1. The zero-order valence-corrected chi connectivity index (χ0v) is 16.6. The van der Waals surface area contributed by atoms with Gasteiger partial charge < -0.3 is 15.1 Å². The number of hydrogen-bond acceptors (Lipinski definition) is 2. The highest BCUT2D eigenvalue weighted by atomic mass is 16.2. The molecule has 148 valence electrons. The van der Waals surface area contributed by atoms with E-state index in [-0.39, 0.29) is 6.03 Å². The normalized spacial score (nSPS) is 25.6. The fraction of sp³-hybridized carbons (Fsp3) is 0.696. The maximum absolute atomic E-state index is 12.9.